The first-order chi connectivity index (χ1) is 25.2. The van der Waals surface area contributed by atoms with E-state index in [0.717, 1.165) is 0 Å². The molecular weight excluding hydrogens is 708 g/mol. The van der Waals surface area contributed by atoms with Gasteiger partial charge >= 0.3 is 11.9 Å². The average molecular weight is 763 g/mol. The Kier molecular flexibility index (Phi) is 19.9. The van der Waals surface area contributed by atoms with Gasteiger partial charge in [0.25, 0.3) is 0 Å². The third-order valence-electron chi connectivity index (χ3n) is 8.39. The Morgan fingerprint density at radius 2 is 1.19 bits per heavy atom. The number of carbonyl (C=O) groups is 9. The normalized spacial score (nSPS) is 14.9. The number of hydrogen-bond donors (Lipinski definition) is 10. The molecule has 19 heteroatoms. The second-order valence-corrected chi connectivity index (χ2v) is 13.5. The molecule has 1 aromatic rings. The summed E-state index contributed by atoms with van der Waals surface area (Å²) in [6, 6.07) is 0.266. The molecule has 300 valence electrons. The minimum Gasteiger partial charge on any atom is -0.481 e. The Balaban J connectivity index is 3.40. The van der Waals surface area contributed by atoms with Crippen LogP contribution >= 0.6 is 0 Å². The van der Waals surface area contributed by atoms with Crippen LogP contribution in [0.5, 0.6) is 0 Å². The van der Waals surface area contributed by atoms with Gasteiger partial charge in [0.05, 0.1) is 12.5 Å². The van der Waals surface area contributed by atoms with Crippen LogP contribution in [-0.2, 0) is 49.6 Å². The summed E-state index contributed by atoms with van der Waals surface area (Å²) in [5.74, 6) is -9.41. The van der Waals surface area contributed by atoms with Crippen LogP contribution in [0.3, 0.4) is 0 Å². The molecule has 0 aliphatic rings. The van der Waals surface area contributed by atoms with Gasteiger partial charge in [0.15, 0.2) is 0 Å². The molecule has 19 nitrogen and oxygen atoms in total. The highest BCUT2D eigenvalue weighted by Gasteiger charge is 2.35. The molecule has 13 N–H and O–H groups in total. The van der Waals surface area contributed by atoms with Crippen molar-refractivity contribution in [3.8, 4) is 0 Å². The van der Waals surface area contributed by atoms with Crippen LogP contribution in [0.25, 0.3) is 0 Å². The SMILES string of the molecule is CC[C@H](C)[C@H](NC(=O)[C@H](CC(C)C)NC(=O)[C@H](Cc1ccccc1)NC(=O)[C@H](CCC(N)=O)NC(=O)[C@@H](N)CCC(=O)O)C(=O)N[C@@H](CC(N)=O)C(=O)O. The van der Waals surface area contributed by atoms with Gasteiger partial charge in [-0.15, -0.1) is 0 Å². The van der Waals surface area contributed by atoms with Crippen molar-refractivity contribution in [2.24, 2.45) is 29.0 Å². The molecule has 1 rings (SSSR count). The number of aliphatic carboxylic acids is 2. The number of carboxylic acids is 2. The zero-order chi connectivity index (χ0) is 41.1. The maximum atomic E-state index is 13.9. The molecule has 0 spiro atoms. The van der Waals surface area contributed by atoms with Crippen LogP contribution in [0.1, 0.15) is 78.2 Å². The standard InChI is InChI=1S/C35H54N8O11/c1-5-19(4)29(34(52)42-25(35(53)54)17-27(38)45)43-33(51)23(15-18(2)3)40-32(50)24(16-20-9-7-6-8-10-20)41-31(49)22(12-13-26(37)44)39-30(48)21(36)11-14-28(46)47/h6-10,18-19,21-25,29H,5,11-17,36H2,1-4H3,(H2,37,44)(H2,38,45)(H,39,48)(H,40,50)(H,41,49)(H,42,52)(H,43,51)(H,46,47)(H,53,54)/t19-,21-,22-,23-,24-,25-,29-/m0/s1. The van der Waals surface area contributed by atoms with Gasteiger partial charge in [-0.25, -0.2) is 4.79 Å². The predicted molar refractivity (Wildman–Crippen MR) is 193 cm³/mol. The molecule has 0 heterocycles. The summed E-state index contributed by atoms with van der Waals surface area (Å²) in [7, 11) is 0. The fourth-order valence-corrected chi connectivity index (χ4v) is 5.17. The highest BCUT2D eigenvalue weighted by molar-refractivity contribution is 5.97. The van der Waals surface area contributed by atoms with Gasteiger partial charge in [-0.3, -0.25) is 38.4 Å². The fourth-order valence-electron chi connectivity index (χ4n) is 5.17. The molecule has 0 saturated heterocycles. The quantitative estimate of drug-likeness (QED) is 0.0526. The molecule has 7 atom stereocenters. The van der Waals surface area contributed by atoms with E-state index in [1.54, 1.807) is 58.0 Å². The molecule has 0 aliphatic heterocycles. The number of nitrogens with two attached hydrogens (primary N) is 3. The number of rotatable bonds is 25. The second kappa shape index (κ2) is 23.2. The van der Waals surface area contributed by atoms with Crippen molar-refractivity contribution in [1.82, 2.24) is 26.6 Å². The van der Waals surface area contributed by atoms with E-state index in [0.29, 0.717) is 12.0 Å². The maximum absolute atomic E-state index is 13.9. The van der Waals surface area contributed by atoms with Gasteiger partial charge in [0, 0.05) is 19.3 Å². The van der Waals surface area contributed by atoms with Gasteiger partial charge < -0.3 is 54.0 Å². The van der Waals surface area contributed by atoms with Crippen molar-refractivity contribution in [1.29, 1.82) is 0 Å². The van der Waals surface area contributed by atoms with Gasteiger partial charge in [-0.1, -0.05) is 64.4 Å². The van der Waals surface area contributed by atoms with Crippen LogP contribution < -0.4 is 43.8 Å². The van der Waals surface area contributed by atoms with Crippen molar-refractivity contribution in [3.63, 3.8) is 0 Å². The van der Waals surface area contributed by atoms with Gasteiger partial charge in [0.2, 0.25) is 41.4 Å². The number of amides is 7. The van der Waals surface area contributed by atoms with Gasteiger partial charge in [-0.2, -0.15) is 0 Å². The minimum absolute atomic E-state index is 0.0728. The van der Waals surface area contributed by atoms with E-state index >= 15 is 0 Å². The zero-order valence-corrected chi connectivity index (χ0v) is 31.0. The van der Waals surface area contributed by atoms with Crippen molar-refractivity contribution in [2.75, 3.05) is 0 Å². The summed E-state index contributed by atoms with van der Waals surface area (Å²) in [4.78, 5) is 113. The van der Waals surface area contributed by atoms with E-state index < -0.39 is 108 Å². The molecule has 0 aromatic heterocycles. The first kappa shape index (κ1) is 46.4. The highest BCUT2D eigenvalue weighted by Crippen LogP contribution is 2.13. The summed E-state index contributed by atoms with van der Waals surface area (Å²) in [5, 5.41) is 30.9. The van der Waals surface area contributed by atoms with E-state index in [1.807, 2.05) is 0 Å². The largest absolute Gasteiger partial charge is 0.481 e. The lowest BCUT2D eigenvalue weighted by atomic mass is 9.96. The summed E-state index contributed by atoms with van der Waals surface area (Å²) >= 11 is 0. The molecule has 0 fully saturated rings. The molecule has 7 amide bonds. The van der Waals surface area contributed by atoms with Crippen molar-refractivity contribution in [3.05, 3.63) is 35.9 Å². The molecule has 54 heavy (non-hydrogen) atoms. The predicted octanol–water partition coefficient (Wildman–Crippen LogP) is -1.84. The first-order valence-corrected chi connectivity index (χ1v) is 17.6. The summed E-state index contributed by atoms with van der Waals surface area (Å²) in [6.45, 7) is 6.94. The third-order valence-corrected chi connectivity index (χ3v) is 8.39. The molecule has 0 aliphatic carbocycles. The molecule has 0 unspecified atom stereocenters. The van der Waals surface area contributed by atoms with Crippen molar-refractivity contribution >= 4 is 53.3 Å². The van der Waals surface area contributed by atoms with Crippen molar-refractivity contribution < 1.29 is 53.4 Å². The molecular formula is C35H54N8O11. The topological polar surface area (TPSA) is 332 Å². The highest BCUT2D eigenvalue weighted by atomic mass is 16.4. The minimum atomic E-state index is -1.65. The average Bonchev–Trinajstić information content (AvgIpc) is 3.09. The third kappa shape index (κ3) is 17.3. The molecule has 0 saturated carbocycles. The van der Waals surface area contributed by atoms with Crippen LogP contribution in [0, 0.1) is 11.8 Å². The zero-order valence-electron chi connectivity index (χ0n) is 31.0. The number of carboxylic acid groups (broad SMARTS) is 2. The Morgan fingerprint density at radius 1 is 0.648 bits per heavy atom. The lowest BCUT2D eigenvalue weighted by molar-refractivity contribution is -0.144. The smallest absolute Gasteiger partial charge is 0.326 e. The van der Waals surface area contributed by atoms with Crippen LogP contribution in [-0.4, -0.2) is 99.8 Å². The van der Waals surface area contributed by atoms with E-state index in [1.165, 1.54) is 0 Å². The van der Waals surface area contributed by atoms with Gasteiger partial charge in [0.1, 0.15) is 30.2 Å². The lowest BCUT2D eigenvalue weighted by Crippen LogP contribution is -2.60. The Morgan fingerprint density at radius 3 is 1.70 bits per heavy atom. The maximum Gasteiger partial charge on any atom is 0.326 e. The van der Waals surface area contributed by atoms with E-state index in [-0.39, 0.29) is 38.0 Å². The molecule has 1 aromatic carbocycles. The van der Waals surface area contributed by atoms with E-state index in [2.05, 4.69) is 26.6 Å². The van der Waals surface area contributed by atoms with Crippen LogP contribution in [0.2, 0.25) is 0 Å². The Bertz CT molecular complexity index is 1490. The number of nitrogens with one attached hydrogen (secondary N) is 5. The van der Waals surface area contributed by atoms with Crippen molar-refractivity contribution in [2.45, 2.75) is 115 Å². The lowest BCUT2D eigenvalue weighted by Gasteiger charge is -2.29. The second-order valence-electron chi connectivity index (χ2n) is 13.5. The Hall–Kier alpha value is -5.59. The van der Waals surface area contributed by atoms with E-state index in [9.17, 15) is 48.3 Å². The van der Waals surface area contributed by atoms with Crippen LogP contribution in [0.15, 0.2) is 30.3 Å². The molecule has 0 radical (unpaired) electrons. The summed E-state index contributed by atoms with van der Waals surface area (Å²) in [5.41, 5.74) is 16.8. The van der Waals surface area contributed by atoms with Gasteiger partial charge in [-0.05, 0) is 36.7 Å². The van der Waals surface area contributed by atoms with Crippen LogP contribution in [0.4, 0.5) is 0 Å². The first-order valence-electron chi connectivity index (χ1n) is 17.6. The number of primary amides is 2. The summed E-state index contributed by atoms with van der Waals surface area (Å²) < 4.78 is 0. The fraction of sp³-hybridized carbons (Fsp3) is 0.571. The number of carbonyl (C=O) groups excluding carboxylic acids is 7. The Labute approximate surface area is 313 Å². The number of benzene rings is 1. The molecule has 0 bridgehead atoms. The number of hydrogen-bond acceptors (Lipinski definition) is 10. The van der Waals surface area contributed by atoms with E-state index in [4.69, 9.17) is 22.3 Å². The monoisotopic (exact) mass is 762 g/mol. The summed E-state index contributed by atoms with van der Waals surface area (Å²) in [6.07, 6.45) is -1.60.